The van der Waals surface area contributed by atoms with Gasteiger partial charge in [0.05, 0.1) is 25.9 Å². The zero-order valence-corrected chi connectivity index (χ0v) is 9.71. The van der Waals surface area contributed by atoms with Crippen LogP contribution in [-0.2, 0) is 9.59 Å². The minimum atomic E-state index is -0.780. The van der Waals surface area contributed by atoms with Crippen molar-refractivity contribution in [2.24, 2.45) is 5.73 Å². The van der Waals surface area contributed by atoms with Crippen LogP contribution in [0.3, 0.4) is 0 Å². The van der Waals surface area contributed by atoms with Gasteiger partial charge in [-0.1, -0.05) is 0 Å². The molecule has 0 saturated carbocycles. The van der Waals surface area contributed by atoms with Crippen LogP contribution in [0, 0.1) is 0 Å². The number of nitrogens with zero attached hydrogens (tertiary/aromatic N) is 1. The predicted molar refractivity (Wildman–Crippen MR) is 61.7 cm³/mol. The Kier molecular flexibility index (Phi) is 16.5. The second-order valence-corrected chi connectivity index (χ2v) is 3.09. The van der Waals surface area contributed by atoms with Crippen molar-refractivity contribution in [3.63, 3.8) is 0 Å². The van der Waals surface area contributed by atoms with Crippen molar-refractivity contribution in [1.29, 1.82) is 0 Å². The number of aliphatic hydroxyl groups excluding tert-OH is 3. The number of carbonyl (C=O) groups excluding carboxylic acids is 2. The SMILES string of the molecule is NC([C]=O)C[C]=O.OCCN(CCO)CCO. The lowest BCUT2D eigenvalue weighted by Gasteiger charge is -2.17. The fourth-order valence-corrected chi connectivity index (χ4v) is 0.891. The molecule has 0 bridgehead atoms. The maximum Gasteiger partial charge on any atom is 0.217 e. The van der Waals surface area contributed by atoms with E-state index in [1.165, 1.54) is 12.6 Å². The molecule has 7 nitrogen and oxygen atoms in total. The molecule has 1 atom stereocenters. The first-order valence-electron chi connectivity index (χ1n) is 5.19. The molecule has 5 N–H and O–H groups in total. The van der Waals surface area contributed by atoms with Gasteiger partial charge in [0.15, 0.2) is 6.29 Å². The summed E-state index contributed by atoms with van der Waals surface area (Å²) in [6, 6.07) is -0.780. The van der Waals surface area contributed by atoms with Crippen LogP contribution in [0.2, 0.25) is 0 Å². The summed E-state index contributed by atoms with van der Waals surface area (Å²) in [7, 11) is 0. The zero-order valence-electron chi connectivity index (χ0n) is 9.71. The molecule has 0 aliphatic rings. The first-order valence-corrected chi connectivity index (χ1v) is 5.19. The van der Waals surface area contributed by atoms with Crippen molar-refractivity contribution in [3.8, 4) is 0 Å². The van der Waals surface area contributed by atoms with Gasteiger partial charge in [0.25, 0.3) is 0 Å². The van der Waals surface area contributed by atoms with Crippen LogP contribution in [0.4, 0.5) is 0 Å². The molecule has 0 aromatic carbocycles. The molecule has 17 heavy (non-hydrogen) atoms. The Balaban J connectivity index is 0. The predicted octanol–water partition coefficient (Wildman–Crippen LogP) is -2.81. The number of rotatable bonds is 9. The van der Waals surface area contributed by atoms with E-state index in [0.29, 0.717) is 19.6 Å². The topological polar surface area (TPSA) is 124 Å². The highest BCUT2D eigenvalue weighted by molar-refractivity contribution is 5.65. The summed E-state index contributed by atoms with van der Waals surface area (Å²) in [5.41, 5.74) is 4.90. The average molecular weight is 248 g/mol. The molecule has 0 spiro atoms. The Hall–Kier alpha value is -0.860. The summed E-state index contributed by atoms with van der Waals surface area (Å²) < 4.78 is 0. The molecule has 0 aliphatic heterocycles. The van der Waals surface area contributed by atoms with Crippen LogP contribution in [0.15, 0.2) is 0 Å². The van der Waals surface area contributed by atoms with Crippen LogP contribution in [0.25, 0.3) is 0 Å². The number of aliphatic hydroxyl groups is 3. The second-order valence-electron chi connectivity index (χ2n) is 3.09. The fourth-order valence-electron chi connectivity index (χ4n) is 0.891. The summed E-state index contributed by atoms with van der Waals surface area (Å²) in [5.74, 6) is 0. The van der Waals surface area contributed by atoms with Gasteiger partial charge in [-0.3, -0.25) is 14.5 Å². The van der Waals surface area contributed by atoms with Crippen LogP contribution in [0.5, 0.6) is 0 Å². The smallest absolute Gasteiger partial charge is 0.217 e. The van der Waals surface area contributed by atoms with Crippen molar-refractivity contribution in [1.82, 2.24) is 4.90 Å². The van der Waals surface area contributed by atoms with Gasteiger partial charge in [-0.25, -0.2) is 0 Å². The molecular weight excluding hydrogens is 228 g/mol. The van der Waals surface area contributed by atoms with E-state index in [9.17, 15) is 9.59 Å². The normalized spacial score (nSPS) is 11.6. The molecule has 1 unspecified atom stereocenters. The maximum absolute atomic E-state index is 9.47. The van der Waals surface area contributed by atoms with Gasteiger partial charge < -0.3 is 21.1 Å². The van der Waals surface area contributed by atoms with Crippen molar-refractivity contribution in [2.45, 2.75) is 12.5 Å². The van der Waals surface area contributed by atoms with Crippen molar-refractivity contribution < 1.29 is 24.9 Å². The number of nitrogens with two attached hydrogens (primary N) is 1. The third kappa shape index (κ3) is 15.1. The van der Waals surface area contributed by atoms with Gasteiger partial charge >= 0.3 is 0 Å². The Morgan fingerprint density at radius 2 is 1.41 bits per heavy atom. The van der Waals surface area contributed by atoms with Crippen molar-refractivity contribution in [3.05, 3.63) is 0 Å². The minimum Gasteiger partial charge on any atom is -0.395 e. The van der Waals surface area contributed by atoms with Crippen molar-refractivity contribution in [2.75, 3.05) is 39.5 Å². The average Bonchev–Trinajstić information content (AvgIpc) is 2.31. The van der Waals surface area contributed by atoms with E-state index < -0.39 is 6.04 Å². The third-order valence-corrected chi connectivity index (χ3v) is 1.70. The van der Waals surface area contributed by atoms with E-state index in [1.54, 1.807) is 4.90 Å². The molecule has 0 aromatic heterocycles. The van der Waals surface area contributed by atoms with E-state index in [-0.39, 0.29) is 26.2 Å². The Labute approximate surface area is 101 Å². The van der Waals surface area contributed by atoms with Gasteiger partial charge in [0.2, 0.25) is 6.29 Å². The summed E-state index contributed by atoms with van der Waals surface area (Å²) in [6.45, 7) is 1.75. The van der Waals surface area contributed by atoms with E-state index in [1.807, 2.05) is 0 Å². The van der Waals surface area contributed by atoms with Crippen LogP contribution in [-0.4, -0.2) is 78.3 Å². The number of hydrogen-bond acceptors (Lipinski definition) is 7. The zero-order chi connectivity index (χ0) is 13.5. The van der Waals surface area contributed by atoms with Gasteiger partial charge in [-0.2, -0.15) is 0 Å². The molecule has 0 saturated heterocycles. The summed E-state index contributed by atoms with van der Waals surface area (Å²) in [6.07, 6.45) is 2.86. The van der Waals surface area contributed by atoms with Gasteiger partial charge in [0.1, 0.15) is 0 Å². The Morgan fingerprint density at radius 3 is 1.59 bits per heavy atom. The van der Waals surface area contributed by atoms with E-state index >= 15 is 0 Å². The second kappa shape index (κ2) is 15.1. The Bertz CT molecular complexity index is 166. The molecule has 0 aromatic rings. The highest BCUT2D eigenvalue weighted by atomic mass is 16.3. The van der Waals surface area contributed by atoms with Gasteiger partial charge in [-0.15, -0.1) is 0 Å². The fraction of sp³-hybridized carbons (Fsp3) is 0.800. The number of hydrogen-bond donors (Lipinski definition) is 4. The first-order chi connectivity index (χ1) is 8.15. The highest BCUT2D eigenvalue weighted by Gasteiger charge is 2.00. The summed E-state index contributed by atoms with van der Waals surface area (Å²) in [4.78, 5) is 20.6. The molecule has 2 radical (unpaired) electrons. The third-order valence-electron chi connectivity index (χ3n) is 1.70. The molecular formula is C10H20N2O5. The quantitative estimate of drug-likeness (QED) is 0.347. The standard InChI is InChI=1S/C6H15NO3.C4H5NO2/c8-4-1-7(2-5-9)3-6-10;5-4(3-7)1-2-6/h8-10H,1-6H2;4H,1,5H2. The summed E-state index contributed by atoms with van der Waals surface area (Å²) in [5, 5.41) is 25.5. The largest absolute Gasteiger partial charge is 0.395 e. The molecule has 0 amide bonds. The first kappa shape index (κ1) is 18.5. The molecule has 100 valence electrons. The van der Waals surface area contributed by atoms with E-state index in [2.05, 4.69) is 0 Å². The lowest BCUT2D eigenvalue weighted by atomic mass is 10.3. The highest BCUT2D eigenvalue weighted by Crippen LogP contribution is 1.84. The van der Waals surface area contributed by atoms with E-state index in [4.69, 9.17) is 21.1 Å². The van der Waals surface area contributed by atoms with Crippen LogP contribution >= 0.6 is 0 Å². The monoisotopic (exact) mass is 248 g/mol. The molecule has 0 heterocycles. The molecule has 0 fully saturated rings. The Morgan fingerprint density at radius 1 is 1.00 bits per heavy atom. The van der Waals surface area contributed by atoms with E-state index in [0.717, 1.165) is 0 Å². The maximum atomic E-state index is 9.47. The van der Waals surface area contributed by atoms with Crippen LogP contribution < -0.4 is 5.73 Å². The molecule has 0 rings (SSSR count). The lowest BCUT2D eigenvalue weighted by Crippen LogP contribution is -2.32. The van der Waals surface area contributed by atoms with Crippen LogP contribution in [0.1, 0.15) is 6.42 Å². The molecule has 7 heteroatoms. The minimum absolute atomic E-state index is 0.0521. The van der Waals surface area contributed by atoms with Gasteiger partial charge in [0, 0.05) is 26.1 Å². The summed E-state index contributed by atoms with van der Waals surface area (Å²) >= 11 is 0. The lowest BCUT2D eigenvalue weighted by molar-refractivity contribution is 0.136. The molecule has 0 aliphatic carbocycles. The van der Waals surface area contributed by atoms with Gasteiger partial charge in [-0.05, 0) is 0 Å². The van der Waals surface area contributed by atoms with Crippen molar-refractivity contribution >= 4 is 12.6 Å².